The molecule has 100 valence electrons. The van der Waals surface area contributed by atoms with Crippen LogP contribution < -0.4 is 10.6 Å². The lowest BCUT2D eigenvalue weighted by molar-refractivity contribution is 0.333. The summed E-state index contributed by atoms with van der Waals surface area (Å²) in [6.45, 7) is 7.70. The van der Waals surface area contributed by atoms with Crippen LogP contribution >= 0.6 is 0 Å². The molecule has 0 saturated carbocycles. The van der Waals surface area contributed by atoms with Crippen molar-refractivity contribution < 1.29 is 0 Å². The van der Waals surface area contributed by atoms with E-state index in [1.807, 2.05) is 0 Å². The molecule has 0 amide bonds. The Hall–Kier alpha value is -1.02. The monoisotopic (exact) mass is 246 g/mol. The number of hydrogen-bond donors (Lipinski definition) is 1. The quantitative estimate of drug-likeness (QED) is 0.781. The Bertz CT molecular complexity index is 384. The normalized spacial score (nSPS) is 14.9. The number of hydrogen-bond acceptors (Lipinski definition) is 2. The van der Waals surface area contributed by atoms with Crippen LogP contribution in [-0.4, -0.2) is 19.6 Å². The molecule has 2 N–H and O–H groups in total. The minimum absolute atomic E-state index is 0.308. The Morgan fingerprint density at radius 3 is 2.78 bits per heavy atom. The Balaban J connectivity index is 1.76. The lowest BCUT2D eigenvalue weighted by Crippen LogP contribution is -2.25. The molecule has 1 aromatic carbocycles. The third kappa shape index (κ3) is 3.26. The molecular formula is C16H26N2. The Morgan fingerprint density at radius 1 is 1.22 bits per heavy atom. The Kier molecular flexibility index (Phi) is 4.28. The molecule has 0 radical (unpaired) electrons. The van der Waals surface area contributed by atoms with Crippen LogP contribution in [0.3, 0.4) is 0 Å². The molecule has 0 atom stereocenters. The van der Waals surface area contributed by atoms with Crippen molar-refractivity contribution in [1.82, 2.24) is 0 Å². The topological polar surface area (TPSA) is 29.3 Å². The second-order valence-electron chi connectivity index (χ2n) is 6.19. The van der Waals surface area contributed by atoms with Crippen molar-refractivity contribution in [2.45, 2.75) is 39.5 Å². The predicted octanol–water partition coefficient (Wildman–Crippen LogP) is 3.20. The maximum Gasteiger partial charge on any atom is 0.0399 e. The van der Waals surface area contributed by atoms with E-state index in [1.54, 1.807) is 0 Å². The van der Waals surface area contributed by atoms with Crippen LogP contribution in [0.2, 0.25) is 0 Å². The molecule has 0 bridgehead atoms. The van der Waals surface area contributed by atoms with Gasteiger partial charge in [-0.05, 0) is 42.9 Å². The van der Waals surface area contributed by atoms with Crippen molar-refractivity contribution in [3.05, 3.63) is 29.8 Å². The molecule has 0 unspecified atom stereocenters. The molecule has 0 saturated heterocycles. The molecule has 1 aliphatic heterocycles. The summed E-state index contributed by atoms with van der Waals surface area (Å²) in [5, 5.41) is 0. The molecule has 0 aliphatic carbocycles. The first-order chi connectivity index (χ1) is 8.62. The molecule has 0 spiro atoms. The van der Waals surface area contributed by atoms with E-state index >= 15 is 0 Å². The zero-order valence-electron chi connectivity index (χ0n) is 11.8. The first kappa shape index (κ1) is 13.4. The highest BCUT2D eigenvalue weighted by molar-refractivity contribution is 5.57. The fraction of sp³-hybridized carbons (Fsp3) is 0.625. The van der Waals surface area contributed by atoms with E-state index in [1.165, 1.54) is 50.0 Å². The summed E-state index contributed by atoms with van der Waals surface area (Å²) < 4.78 is 0. The molecule has 0 aromatic heterocycles. The van der Waals surface area contributed by atoms with Gasteiger partial charge in [-0.1, -0.05) is 38.5 Å². The van der Waals surface area contributed by atoms with Crippen molar-refractivity contribution in [2.75, 3.05) is 24.5 Å². The molecule has 0 fully saturated rings. The molecule has 1 aliphatic rings. The van der Waals surface area contributed by atoms with E-state index in [9.17, 15) is 0 Å². The molecule has 1 aromatic rings. The number of benzene rings is 1. The summed E-state index contributed by atoms with van der Waals surface area (Å²) in [4.78, 5) is 2.53. The van der Waals surface area contributed by atoms with E-state index in [2.05, 4.69) is 43.0 Å². The zero-order valence-corrected chi connectivity index (χ0v) is 11.8. The summed E-state index contributed by atoms with van der Waals surface area (Å²) >= 11 is 0. The lowest BCUT2D eigenvalue weighted by Gasteiger charge is -2.23. The number of para-hydroxylation sites is 1. The van der Waals surface area contributed by atoms with Gasteiger partial charge in [-0.25, -0.2) is 0 Å². The van der Waals surface area contributed by atoms with Gasteiger partial charge in [-0.15, -0.1) is 0 Å². The predicted molar refractivity (Wildman–Crippen MR) is 79.0 cm³/mol. The number of anilines is 1. The minimum atomic E-state index is 0.308. The summed E-state index contributed by atoms with van der Waals surface area (Å²) in [6, 6.07) is 8.81. The first-order valence-electron chi connectivity index (χ1n) is 7.15. The number of rotatable bonds is 6. The SMILES string of the molecule is CC(C)(CN)CCCCN1CCc2ccccc21. The van der Waals surface area contributed by atoms with E-state index in [0.717, 1.165) is 6.54 Å². The van der Waals surface area contributed by atoms with Gasteiger partial charge in [0.2, 0.25) is 0 Å². The average Bonchev–Trinajstić information content (AvgIpc) is 2.78. The van der Waals surface area contributed by atoms with Crippen molar-refractivity contribution in [2.24, 2.45) is 11.1 Å². The van der Waals surface area contributed by atoms with Crippen molar-refractivity contribution in [3.63, 3.8) is 0 Å². The maximum atomic E-state index is 5.76. The molecule has 2 heteroatoms. The number of fused-ring (bicyclic) bond motifs is 1. The first-order valence-corrected chi connectivity index (χ1v) is 7.15. The largest absolute Gasteiger partial charge is 0.371 e. The highest BCUT2D eigenvalue weighted by atomic mass is 15.1. The number of nitrogens with zero attached hydrogens (tertiary/aromatic N) is 1. The number of nitrogens with two attached hydrogens (primary N) is 1. The summed E-state index contributed by atoms with van der Waals surface area (Å²) in [6.07, 6.45) is 5.00. The van der Waals surface area contributed by atoms with Gasteiger partial charge in [-0.3, -0.25) is 0 Å². The molecule has 1 heterocycles. The summed E-state index contributed by atoms with van der Waals surface area (Å²) in [7, 11) is 0. The van der Waals surface area contributed by atoms with Crippen LogP contribution in [0.1, 0.15) is 38.7 Å². The Morgan fingerprint density at radius 2 is 2.00 bits per heavy atom. The lowest BCUT2D eigenvalue weighted by atomic mass is 9.87. The minimum Gasteiger partial charge on any atom is -0.371 e. The highest BCUT2D eigenvalue weighted by Gasteiger charge is 2.18. The fourth-order valence-electron chi connectivity index (χ4n) is 2.65. The molecule has 18 heavy (non-hydrogen) atoms. The van der Waals surface area contributed by atoms with Crippen molar-refractivity contribution in [3.8, 4) is 0 Å². The van der Waals surface area contributed by atoms with Crippen LogP contribution in [0.5, 0.6) is 0 Å². The molecular weight excluding hydrogens is 220 g/mol. The van der Waals surface area contributed by atoms with Crippen LogP contribution in [-0.2, 0) is 6.42 Å². The van der Waals surface area contributed by atoms with Crippen LogP contribution in [0.25, 0.3) is 0 Å². The van der Waals surface area contributed by atoms with Gasteiger partial charge in [0.05, 0.1) is 0 Å². The smallest absolute Gasteiger partial charge is 0.0399 e. The van der Waals surface area contributed by atoms with E-state index in [-0.39, 0.29) is 0 Å². The Labute approximate surface area is 111 Å². The molecule has 2 nitrogen and oxygen atoms in total. The summed E-state index contributed by atoms with van der Waals surface area (Å²) in [5.74, 6) is 0. The van der Waals surface area contributed by atoms with Gasteiger partial charge in [0.1, 0.15) is 0 Å². The molecule has 2 rings (SSSR count). The highest BCUT2D eigenvalue weighted by Crippen LogP contribution is 2.28. The zero-order chi connectivity index (χ0) is 13.0. The third-order valence-corrected chi connectivity index (χ3v) is 4.07. The van der Waals surface area contributed by atoms with Gasteiger partial charge < -0.3 is 10.6 Å². The third-order valence-electron chi connectivity index (χ3n) is 4.07. The van der Waals surface area contributed by atoms with Gasteiger partial charge >= 0.3 is 0 Å². The van der Waals surface area contributed by atoms with Crippen LogP contribution in [0.4, 0.5) is 5.69 Å². The second-order valence-corrected chi connectivity index (χ2v) is 6.19. The van der Waals surface area contributed by atoms with Crippen LogP contribution in [0, 0.1) is 5.41 Å². The standard InChI is InChI=1S/C16H26N2/c1-16(2,13-17)10-5-6-11-18-12-9-14-7-3-4-8-15(14)18/h3-4,7-8H,5-6,9-13,17H2,1-2H3. The van der Waals surface area contributed by atoms with Gasteiger partial charge in [0.15, 0.2) is 0 Å². The fourth-order valence-corrected chi connectivity index (χ4v) is 2.65. The van der Waals surface area contributed by atoms with E-state index in [0.29, 0.717) is 5.41 Å². The average molecular weight is 246 g/mol. The van der Waals surface area contributed by atoms with Gasteiger partial charge in [0.25, 0.3) is 0 Å². The van der Waals surface area contributed by atoms with E-state index < -0.39 is 0 Å². The van der Waals surface area contributed by atoms with Crippen LogP contribution in [0.15, 0.2) is 24.3 Å². The second kappa shape index (κ2) is 5.75. The number of unbranched alkanes of at least 4 members (excludes halogenated alkanes) is 1. The summed E-state index contributed by atoms with van der Waals surface area (Å²) in [5.41, 5.74) is 9.04. The maximum absolute atomic E-state index is 5.76. The van der Waals surface area contributed by atoms with E-state index in [4.69, 9.17) is 5.73 Å². The van der Waals surface area contributed by atoms with Crippen molar-refractivity contribution in [1.29, 1.82) is 0 Å². The van der Waals surface area contributed by atoms with Gasteiger partial charge in [0, 0.05) is 18.8 Å². The van der Waals surface area contributed by atoms with Gasteiger partial charge in [-0.2, -0.15) is 0 Å². The van der Waals surface area contributed by atoms with Crippen molar-refractivity contribution >= 4 is 5.69 Å².